The van der Waals surface area contributed by atoms with Crippen LogP contribution in [-0.4, -0.2) is 43.4 Å². The molecule has 104 valence electrons. The van der Waals surface area contributed by atoms with Gasteiger partial charge in [0.05, 0.1) is 24.1 Å². The van der Waals surface area contributed by atoms with E-state index in [0.29, 0.717) is 12.2 Å². The van der Waals surface area contributed by atoms with Gasteiger partial charge in [0, 0.05) is 25.8 Å². The maximum atomic E-state index is 6.26. The van der Waals surface area contributed by atoms with Crippen LogP contribution in [0, 0.1) is 0 Å². The van der Waals surface area contributed by atoms with Crippen molar-refractivity contribution in [2.45, 2.75) is 37.9 Å². The van der Waals surface area contributed by atoms with Gasteiger partial charge in [-0.25, -0.2) is 0 Å². The van der Waals surface area contributed by atoms with Crippen LogP contribution >= 0.6 is 0 Å². The lowest BCUT2D eigenvalue weighted by Gasteiger charge is -2.36. The van der Waals surface area contributed by atoms with Gasteiger partial charge in [0.25, 0.3) is 0 Å². The quantitative estimate of drug-likeness (QED) is 0.900. The summed E-state index contributed by atoms with van der Waals surface area (Å²) in [5, 5.41) is 3.42. The molecule has 0 bridgehead atoms. The predicted molar refractivity (Wildman–Crippen MR) is 76.4 cm³/mol. The van der Waals surface area contributed by atoms with Crippen molar-refractivity contribution in [2.75, 3.05) is 31.1 Å². The van der Waals surface area contributed by atoms with E-state index in [4.69, 9.17) is 4.74 Å². The van der Waals surface area contributed by atoms with Crippen molar-refractivity contribution in [1.29, 1.82) is 0 Å². The van der Waals surface area contributed by atoms with Gasteiger partial charge < -0.3 is 15.0 Å². The van der Waals surface area contributed by atoms with Crippen molar-refractivity contribution in [1.82, 2.24) is 10.3 Å². The Kier molecular flexibility index (Phi) is 4.30. The summed E-state index contributed by atoms with van der Waals surface area (Å²) in [7, 11) is 0. The Morgan fingerprint density at radius 1 is 1.26 bits per heavy atom. The average molecular weight is 261 g/mol. The summed E-state index contributed by atoms with van der Waals surface area (Å²) in [6, 6.07) is 4.14. The van der Waals surface area contributed by atoms with Crippen molar-refractivity contribution in [2.24, 2.45) is 0 Å². The molecule has 1 N–H and O–H groups in total. The van der Waals surface area contributed by atoms with Crippen LogP contribution in [0.15, 0.2) is 24.5 Å². The van der Waals surface area contributed by atoms with Crippen molar-refractivity contribution in [3.05, 3.63) is 24.5 Å². The standard InChI is InChI=1S/C15H23N3O/c1-4-13(10-16-7-1)18-9-3-6-15(12-18)19-14-5-2-8-17-11-14/h1,4,7,10,14-15,17H,2-3,5-6,8-9,11-12H2. The number of rotatable bonds is 3. The van der Waals surface area contributed by atoms with Crippen LogP contribution in [0.3, 0.4) is 0 Å². The second-order valence-electron chi connectivity index (χ2n) is 5.53. The molecule has 3 heterocycles. The highest BCUT2D eigenvalue weighted by Crippen LogP contribution is 2.22. The normalized spacial score (nSPS) is 28.3. The Morgan fingerprint density at radius 2 is 2.21 bits per heavy atom. The molecule has 0 amide bonds. The largest absolute Gasteiger partial charge is 0.372 e. The number of pyridine rings is 1. The number of nitrogens with one attached hydrogen (secondary N) is 1. The first-order valence-electron chi connectivity index (χ1n) is 7.43. The van der Waals surface area contributed by atoms with Crippen LogP contribution in [-0.2, 0) is 4.74 Å². The fourth-order valence-electron chi connectivity index (χ4n) is 3.03. The molecular formula is C15H23N3O. The lowest BCUT2D eigenvalue weighted by Crippen LogP contribution is -2.44. The number of aromatic nitrogens is 1. The van der Waals surface area contributed by atoms with Crippen LogP contribution in [0.5, 0.6) is 0 Å². The van der Waals surface area contributed by atoms with Crippen LogP contribution in [0.4, 0.5) is 5.69 Å². The highest BCUT2D eigenvalue weighted by Gasteiger charge is 2.24. The fraction of sp³-hybridized carbons (Fsp3) is 0.667. The van der Waals surface area contributed by atoms with E-state index in [2.05, 4.69) is 21.3 Å². The molecule has 2 saturated heterocycles. The number of ether oxygens (including phenoxy) is 1. The second kappa shape index (κ2) is 6.35. The van der Waals surface area contributed by atoms with E-state index < -0.39 is 0 Å². The summed E-state index contributed by atoms with van der Waals surface area (Å²) in [6.45, 7) is 4.28. The van der Waals surface area contributed by atoms with Crippen molar-refractivity contribution < 1.29 is 4.74 Å². The molecule has 0 radical (unpaired) electrons. The molecule has 0 aromatic carbocycles. The Hall–Kier alpha value is -1.13. The van der Waals surface area contributed by atoms with Gasteiger partial charge in [-0.1, -0.05) is 0 Å². The lowest BCUT2D eigenvalue weighted by atomic mass is 10.1. The molecule has 1 aromatic heterocycles. The van der Waals surface area contributed by atoms with Crippen molar-refractivity contribution in [3.8, 4) is 0 Å². The van der Waals surface area contributed by atoms with E-state index >= 15 is 0 Å². The molecule has 2 unspecified atom stereocenters. The summed E-state index contributed by atoms with van der Waals surface area (Å²) in [4.78, 5) is 6.61. The van der Waals surface area contributed by atoms with Crippen LogP contribution < -0.4 is 10.2 Å². The fourth-order valence-corrected chi connectivity index (χ4v) is 3.03. The Morgan fingerprint density at radius 3 is 3.00 bits per heavy atom. The minimum absolute atomic E-state index is 0.374. The Labute approximate surface area is 115 Å². The van der Waals surface area contributed by atoms with E-state index in [1.54, 1.807) is 0 Å². The number of hydrogen-bond donors (Lipinski definition) is 1. The molecule has 0 aliphatic carbocycles. The molecule has 2 aliphatic rings. The first-order valence-corrected chi connectivity index (χ1v) is 7.43. The average Bonchev–Trinajstić information content (AvgIpc) is 2.49. The predicted octanol–water partition coefficient (Wildman–Crippen LogP) is 1.82. The van der Waals surface area contributed by atoms with Crippen LogP contribution in [0.25, 0.3) is 0 Å². The number of anilines is 1. The van der Waals surface area contributed by atoms with E-state index in [-0.39, 0.29) is 0 Å². The summed E-state index contributed by atoms with van der Waals surface area (Å²) in [5.74, 6) is 0. The third kappa shape index (κ3) is 3.45. The minimum atomic E-state index is 0.374. The van der Waals surface area contributed by atoms with Crippen LogP contribution in [0.1, 0.15) is 25.7 Å². The topological polar surface area (TPSA) is 37.4 Å². The summed E-state index contributed by atoms with van der Waals surface area (Å²) in [5.41, 5.74) is 1.22. The third-order valence-electron chi connectivity index (χ3n) is 4.03. The van der Waals surface area contributed by atoms with Crippen molar-refractivity contribution >= 4 is 5.69 Å². The van der Waals surface area contributed by atoms with E-state index in [1.807, 2.05) is 18.5 Å². The summed E-state index contributed by atoms with van der Waals surface area (Å²) in [6.07, 6.45) is 9.40. The van der Waals surface area contributed by atoms with Crippen LogP contribution in [0.2, 0.25) is 0 Å². The zero-order chi connectivity index (χ0) is 12.9. The second-order valence-corrected chi connectivity index (χ2v) is 5.53. The molecule has 2 fully saturated rings. The first-order chi connectivity index (χ1) is 9.42. The maximum absolute atomic E-state index is 6.26. The molecule has 2 aliphatic heterocycles. The molecule has 2 atom stereocenters. The molecule has 3 rings (SSSR count). The molecular weight excluding hydrogens is 238 g/mol. The van der Waals surface area contributed by atoms with Gasteiger partial charge in [-0.3, -0.25) is 4.98 Å². The molecule has 0 spiro atoms. The molecule has 4 heteroatoms. The minimum Gasteiger partial charge on any atom is -0.372 e. The van der Waals surface area contributed by atoms with E-state index in [1.165, 1.54) is 31.4 Å². The maximum Gasteiger partial charge on any atom is 0.0755 e. The van der Waals surface area contributed by atoms with E-state index in [9.17, 15) is 0 Å². The summed E-state index contributed by atoms with van der Waals surface area (Å²) < 4.78 is 6.26. The van der Waals surface area contributed by atoms with Gasteiger partial charge in [0.15, 0.2) is 0 Å². The van der Waals surface area contributed by atoms with Gasteiger partial charge in [-0.2, -0.15) is 0 Å². The summed E-state index contributed by atoms with van der Waals surface area (Å²) >= 11 is 0. The Balaban J connectivity index is 1.55. The highest BCUT2D eigenvalue weighted by molar-refractivity contribution is 5.44. The number of hydrogen-bond acceptors (Lipinski definition) is 4. The van der Waals surface area contributed by atoms with E-state index in [0.717, 1.165) is 26.2 Å². The van der Waals surface area contributed by atoms with Gasteiger partial charge in [0.2, 0.25) is 0 Å². The van der Waals surface area contributed by atoms with Gasteiger partial charge in [-0.05, 0) is 44.4 Å². The zero-order valence-electron chi connectivity index (χ0n) is 11.4. The van der Waals surface area contributed by atoms with Gasteiger partial charge in [-0.15, -0.1) is 0 Å². The molecule has 4 nitrogen and oxygen atoms in total. The molecule has 1 aromatic rings. The van der Waals surface area contributed by atoms with Gasteiger partial charge >= 0.3 is 0 Å². The monoisotopic (exact) mass is 261 g/mol. The highest BCUT2D eigenvalue weighted by atomic mass is 16.5. The van der Waals surface area contributed by atoms with Crippen molar-refractivity contribution in [3.63, 3.8) is 0 Å². The zero-order valence-corrected chi connectivity index (χ0v) is 11.4. The smallest absolute Gasteiger partial charge is 0.0755 e. The Bertz CT molecular complexity index is 378. The third-order valence-corrected chi connectivity index (χ3v) is 4.03. The lowest BCUT2D eigenvalue weighted by molar-refractivity contribution is -0.0279. The molecule has 19 heavy (non-hydrogen) atoms. The van der Waals surface area contributed by atoms with Gasteiger partial charge in [0.1, 0.15) is 0 Å². The SMILES string of the molecule is c1cncc(N2CCCC(OC3CCCNC3)C2)c1. The molecule has 0 saturated carbocycles. The first kappa shape index (κ1) is 12.9. The number of piperidine rings is 2. The number of nitrogens with zero attached hydrogens (tertiary/aromatic N) is 2.